The van der Waals surface area contributed by atoms with Crippen LogP contribution < -0.4 is 10.5 Å². The summed E-state index contributed by atoms with van der Waals surface area (Å²) in [6.07, 6.45) is 0.851. The SMILES string of the molecule is COc1ccc(C(CN)Cc2ccccc2Cl)c(C)c1. The van der Waals surface area contributed by atoms with Crippen LogP contribution in [0.5, 0.6) is 5.75 Å². The molecule has 0 radical (unpaired) electrons. The number of methoxy groups -OCH3 is 1. The summed E-state index contributed by atoms with van der Waals surface area (Å²) in [6.45, 7) is 2.69. The first kappa shape index (κ1) is 14.9. The van der Waals surface area contributed by atoms with Gasteiger partial charge in [-0.3, -0.25) is 0 Å². The molecule has 106 valence electrons. The molecule has 1 atom stereocenters. The fourth-order valence-electron chi connectivity index (χ4n) is 2.48. The van der Waals surface area contributed by atoms with Gasteiger partial charge in [0.05, 0.1) is 7.11 Å². The second kappa shape index (κ2) is 6.78. The van der Waals surface area contributed by atoms with Crippen molar-refractivity contribution in [2.24, 2.45) is 5.73 Å². The maximum atomic E-state index is 6.24. The van der Waals surface area contributed by atoms with Gasteiger partial charge in [-0.25, -0.2) is 0 Å². The molecular weight excluding hydrogens is 270 g/mol. The van der Waals surface area contributed by atoms with Gasteiger partial charge < -0.3 is 10.5 Å². The number of benzene rings is 2. The molecule has 0 saturated heterocycles. The lowest BCUT2D eigenvalue weighted by Gasteiger charge is -2.19. The molecular formula is C17H20ClNO. The van der Waals surface area contributed by atoms with Crippen molar-refractivity contribution >= 4 is 11.6 Å². The average Bonchev–Trinajstić information content (AvgIpc) is 2.47. The van der Waals surface area contributed by atoms with Crippen molar-refractivity contribution in [3.63, 3.8) is 0 Å². The highest BCUT2D eigenvalue weighted by atomic mass is 35.5. The minimum Gasteiger partial charge on any atom is -0.497 e. The van der Waals surface area contributed by atoms with E-state index in [4.69, 9.17) is 22.1 Å². The van der Waals surface area contributed by atoms with Crippen LogP contribution >= 0.6 is 11.6 Å². The van der Waals surface area contributed by atoms with E-state index in [0.29, 0.717) is 6.54 Å². The van der Waals surface area contributed by atoms with Crippen molar-refractivity contribution in [2.75, 3.05) is 13.7 Å². The topological polar surface area (TPSA) is 35.2 Å². The van der Waals surface area contributed by atoms with Crippen LogP contribution in [0.1, 0.15) is 22.6 Å². The molecule has 0 amide bonds. The summed E-state index contributed by atoms with van der Waals surface area (Å²) in [7, 11) is 1.68. The molecule has 2 aromatic rings. The molecule has 2 nitrogen and oxygen atoms in total. The average molecular weight is 290 g/mol. The predicted molar refractivity (Wildman–Crippen MR) is 84.7 cm³/mol. The van der Waals surface area contributed by atoms with Gasteiger partial charge >= 0.3 is 0 Å². The third-order valence-corrected chi connectivity index (χ3v) is 3.99. The van der Waals surface area contributed by atoms with E-state index < -0.39 is 0 Å². The van der Waals surface area contributed by atoms with E-state index in [1.165, 1.54) is 11.1 Å². The van der Waals surface area contributed by atoms with Crippen molar-refractivity contribution in [1.82, 2.24) is 0 Å². The van der Waals surface area contributed by atoms with Crippen molar-refractivity contribution < 1.29 is 4.74 Å². The molecule has 0 bridgehead atoms. The molecule has 1 unspecified atom stereocenters. The summed E-state index contributed by atoms with van der Waals surface area (Å²) >= 11 is 6.24. The zero-order valence-corrected chi connectivity index (χ0v) is 12.7. The first-order valence-corrected chi connectivity index (χ1v) is 7.11. The van der Waals surface area contributed by atoms with Crippen LogP contribution in [0.15, 0.2) is 42.5 Å². The Balaban J connectivity index is 2.27. The monoisotopic (exact) mass is 289 g/mol. The lowest BCUT2D eigenvalue weighted by atomic mass is 9.89. The van der Waals surface area contributed by atoms with Crippen LogP contribution in [0.4, 0.5) is 0 Å². The summed E-state index contributed by atoms with van der Waals surface area (Å²) in [5.74, 6) is 1.14. The van der Waals surface area contributed by atoms with Crippen LogP contribution in [-0.2, 0) is 6.42 Å². The second-order valence-electron chi connectivity index (χ2n) is 4.95. The first-order chi connectivity index (χ1) is 9.65. The Morgan fingerprint density at radius 2 is 1.95 bits per heavy atom. The predicted octanol–water partition coefficient (Wildman–Crippen LogP) is 3.94. The third-order valence-electron chi connectivity index (χ3n) is 3.63. The number of halogens is 1. The maximum Gasteiger partial charge on any atom is 0.119 e. The van der Waals surface area contributed by atoms with Gasteiger partial charge in [-0.15, -0.1) is 0 Å². The van der Waals surface area contributed by atoms with Crippen LogP contribution in [0.3, 0.4) is 0 Å². The number of aryl methyl sites for hydroxylation is 1. The Kier molecular flexibility index (Phi) is 5.05. The quantitative estimate of drug-likeness (QED) is 0.905. The summed E-state index contributed by atoms with van der Waals surface area (Å²) in [4.78, 5) is 0. The lowest BCUT2D eigenvalue weighted by Crippen LogP contribution is -2.16. The normalized spacial score (nSPS) is 12.2. The van der Waals surface area contributed by atoms with E-state index in [2.05, 4.69) is 19.1 Å². The van der Waals surface area contributed by atoms with Crippen LogP contribution in [-0.4, -0.2) is 13.7 Å². The van der Waals surface area contributed by atoms with Gasteiger partial charge in [0.1, 0.15) is 5.75 Å². The maximum absolute atomic E-state index is 6.24. The molecule has 0 saturated carbocycles. The fourth-order valence-corrected chi connectivity index (χ4v) is 2.70. The van der Waals surface area contributed by atoms with Gasteiger partial charge in [0.25, 0.3) is 0 Å². The summed E-state index contributed by atoms with van der Waals surface area (Å²) in [5, 5.41) is 0.803. The Morgan fingerprint density at radius 1 is 1.20 bits per heavy atom. The molecule has 2 N–H and O–H groups in total. The van der Waals surface area contributed by atoms with E-state index in [1.807, 2.05) is 30.3 Å². The number of hydrogen-bond donors (Lipinski definition) is 1. The van der Waals surface area contributed by atoms with E-state index in [1.54, 1.807) is 7.11 Å². The standard InChI is InChI=1S/C17H20ClNO/c1-12-9-15(20-2)7-8-16(12)14(11-19)10-13-5-3-4-6-17(13)18/h3-9,14H,10-11,19H2,1-2H3. The Bertz CT molecular complexity index is 583. The van der Waals surface area contributed by atoms with Gasteiger partial charge in [-0.1, -0.05) is 35.9 Å². The summed E-state index contributed by atoms with van der Waals surface area (Å²) in [5.41, 5.74) is 9.56. The Hall–Kier alpha value is -1.51. The van der Waals surface area contributed by atoms with Crippen molar-refractivity contribution in [2.45, 2.75) is 19.3 Å². The van der Waals surface area contributed by atoms with Crippen LogP contribution in [0, 0.1) is 6.92 Å². The third kappa shape index (κ3) is 3.33. The number of hydrogen-bond acceptors (Lipinski definition) is 2. The molecule has 0 spiro atoms. The van der Waals surface area contributed by atoms with Gasteiger partial charge in [0, 0.05) is 10.9 Å². The van der Waals surface area contributed by atoms with Crippen LogP contribution in [0.2, 0.25) is 5.02 Å². The molecule has 0 aliphatic heterocycles. The minimum absolute atomic E-state index is 0.265. The van der Waals surface area contributed by atoms with Crippen molar-refractivity contribution in [3.05, 3.63) is 64.2 Å². The van der Waals surface area contributed by atoms with Gasteiger partial charge in [0.15, 0.2) is 0 Å². The molecule has 0 aromatic heterocycles. The molecule has 3 heteroatoms. The van der Waals surface area contributed by atoms with Crippen molar-refractivity contribution in [1.29, 1.82) is 0 Å². The highest BCUT2D eigenvalue weighted by Crippen LogP contribution is 2.28. The van der Waals surface area contributed by atoms with E-state index in [-0.39, 0.29) is 5.92 Å². The van der Waals surface area contributed by atoms with E-state index >= 15 is 0 Å². The zero-order valence-electron chi connectivity index (χ0n) is 11.9. The lowest BCUT2D eigenvalue weighted by molar-refractivity contribution is 0.414. The highest BCUT2D eigenvalue weighted by Gasteiger charge is 2.15. The number of ether oxygens (including phenoxy) is 1. The molecule has 20 heavy (non-hydrogen) atoms. The zero-order chi connectivity index (χ0) is 14.5. The Labute approximate surface area is 125 Å². The van der Waals surface area contributed by atoms with E-state index in [0.717, 1.165) is 22.8 Å². The number of rotatable bonds is 5. The molecule has 0 fully saturated rings. The van der Waals surface area contributed by atoms with Gasteiger partial charge in [-0.2, -0.15) is 0 Å². The highest BCUT2D eigenvalue weighted by molar-refractivity contribution is 6.31. The Morgan fingerprint density at radius 3 is 2.55 bits per heavy atom. The van der Waals surface area contributed by atoms with Gasteiger partial charge in [-0.05, 0) is 54.8 Å². The van der Waals surface area contributed by atoms with E-state index in [9.17, 15) is 0 Å². The summed E-state index contributed by atoms with van der Waals surface area (Å²) < 4.78 is 5.25. The van der Waals surface area contributed by atoms with Crippen molar-refractivity contribution in [3.8, 4) is 5.75 Å². The van der Waals surface area contributed by atoms with Gasteiger partial charge in [0.2, 0.25) is 0 Å². The minimum atomic E-state index is 0.265. The first-order valence-electron chi connectivity index (χ1n) is 6.73. The molecule has 0 heterocycles. The largest absolute Gasteiger partial charge is 0.497 e. The smallest absolute Gasteiger partial charge is 0.119 e. The molecule has 0 aliphatic rings. The summed E-state index contributed by atoms with van der Waals surface area (Å²) in [6, 6.07) is 14.1. The fraction of sp³-hybridized carbons (Fsp3) is 0.294. The van der Waals surface area contributed by atoms with Crippen LogP contribution in [0.25, 0.3) is 0 Å². The number of nitrogens with two attached hydrogens (primary N) is 1. The molecule has 2 rings (SSSR count). The second-order valence-corrected chi connectivity index (χ2v) is 5.36. The molecule has 2 aromatic carbocycles. The molecule has 0 aliphatic carbocycles.